The Morgan fingerprint density at radius 2 is 1.83 bits per heavy atom. The van der Waals surface area contributed by atoms with Crippen molar-refractivity contribution in [1.82, 2.24) is 0 Å². The number of carbonyl (C=O) groups excluding carboxylic acids is 1. The molecule has 0 spiro atoms. The molecule has 2 aliphatic rings. The largest absolute Gasteiger partial charge is 0.462 e. The van der Waals surface area contributed by atoms with Crippen LogP contribution in [0.4, 0.5) is 0 Å². The number of rotatable bonds is 0. The van der Waals surface area contributed by atoms with Crippen molar-refractivity contribution in [1.29, 1.82) is 0 Å². The van der Waals surface area contributed by atoms with Gasteiger partial charge in [-0.15, -0.1) is 0 Å². The van der Waals surface area contributed by atoms with E-state index in [-0.39, 0.29) is 12.1 Å². The van der Waals surface area contributed by atoms with Crippen molar-refractivity contribution in [2.45, 2.75) is 51.0 Å². The quantitative estimate of drug-likeness (QED) is 0.519. The first kappa shape index (κ1) is 8.09. The Bertz CT molecular complexity index is 159. The van der Waals surface area contributed by atoms with Gasteiger partial charge in [0.1, 0.15) is 6.10 Å². The molecule has 0 bridgehead atoms. The first-order valence-electron chi connectivity index (χ1n) is 5.06. The molecule has 2 nitrogen and oxygen atoms in total. The molecule has 0 aromatic heterocycles. The summed E-state index contributed by atoms with van der Waals surface area (Å²) in [7, 11) is 0. The molecule has 1 heterocycles. The van der Waals surface area contributed by atoms with Crippen LogP contribution in [0.1, 0.15) is 44.9 Å². The average Bonchev–Trinajstić information content (AvgIpc) is 2.32. The fourth-order valence-electron chi connectivity index (χ4n) is 2.35. The first-order chi connectivity index (χ1) is 5.86. The van der Waals surface area contributed by atoms with E-state index in [1.165, 1.54) is 32.1 Å². The molecule has 1 saturated carbocycles. The van der Waals surface area contributed by atoms with E-state index < -0.39 is 0 Å². The van der Waals surface area contributed by atoms with E-state index in [9.17, 15) is 4.79 Å². The molecule has 68 valence electrons. The Morgan fingerprint density at radius 3 is 2.67 bits per heavy atom. The lowest BCUT2D eigenvalue weighted by atomic mass is 9.88. The Hall–Kier alpha value is -0.530. The zero-order valence-electron chi connectivity index (χ0n) is 7.42. The minimum Gasteiger partial charge on any atom is -0.462 e. The average molecular weight is 168 g/mol. The van der Waals surface area contributed by atoms with Crippen LogP contribution in [0.15, 0.2) is 0 Å². The fourth-order valence-corrected chi connectivity index (χ4v) is 2.35. The molecule has 2 heteroatoms. The summed E-state index contributed by atoms with van der Waals surface area (Å²) >= 11 is 0. The SMILES string of the molecule is O=C1C[C@H]2CCCCCC[C@@H]2O1. The highest BCUT2D eigenvalue weighted by Gasteiger charge is 2.34. The molecular formula is C10H16O2. The molecule has 1 aliphatic carbocycles. The molecule has 2 atom stereocenters. The first-order valence-corrected chi connectivity index (χ1v) is 5.06. The van der Waals surface area contributed by atoms with Gasteiger partial charge in [-0.3, -0.25) is 4.79 Å². The normalized spacial score (nSPS) is 36.5. The maximum atomic E-state index is 11.0. The van der Waals surface area contributed by atoms with E-state index >= 15 is 0 Å². The Labute approximate surface area is 73.3 Å². The highest BCUT2D eigenvalue weighted by molar-refractivity contribution is 5.72. The Balaban J connectivity index is 1.96. The van der Waals surface area contributed by atoms with Gasteiger partial charge in [0.25, 0.3) is 0 Å². The molecule has 0 aromatic carbocycles. The van der Waals surface area contributed by atoms with E-state index in [1.807, 2.05) is 0 Å². The van der Waals surface area contributed by atoms with Crippen LogP contribution in [-0.2, 0) is 9.53 Å². The molecule has 0 unspecified atom stereocenters. The van der Waals surface area contributed by atoms with Crippen molar-refractivity contribution in [3.8, 4) is 0 Å². The van der Waals surface area contributed by atoms with Crippen LogP contribution in [-0.4, -0.2) is 12.1 Å². The molecule has 1 aliphatic heterocycles. The van der Waals surface area contributed by atoms with Crippen LogP contribution in [0, 0.1) is 5.92 Å². The van der Waals surface area contributed by atoms with Crippen LogP contribution in [0.25, 0.3) is 0 Å². The van der Waals surface area contributed by atoms with Crippen molar-refractivity contribution < 1.29 is 9.53 Å². The highest BCUT2D eigenvalue weighted by Crippen LogP contribution is 2.32. The van der Waals surface area contributed by atoms with E-state index in [0.717, 1.165) is 6.42 Å². The van der Waals surface area contributed by atoms with E-state index in [1.54, 1.807) is 0 Å². The second-order valence-electron chi connectivity index (χ2n) is 3.98. The van der Waals surface area contributed by atoms with Crippen molar-refractivity contribution >= 4 is 5.97 Å². The summed E-state index contributed by atoms with van der Waals surface area (Å²) in [4.78, 5) is 11.0. The molecule has 1 saturated heterocycles. The van der Waals surface area contributed by atoms with Crippen molar-refractivity contribution in [3.63, 3.8) is 0 Å². The number of ether oxygens (including phenoxy) is 1. The number of esters is 1. The minimum absolute atomic E-state index is 0.0342. The van der Waals surface area contributed by atoms with Gasteiger partial charge in [-0.25, -0.2) is 0 Å². The Kier molecular flexibility index (Phi) is 2.33. The summed E-state index contributed by atoms with van der Waals surface area (Å²) < 4.78 is 5.26. The summed E-state index contributed by atoms with van der Waals surface area (Å²) in [5, 5.41) is 0. The van der Waals surface area contributed by atoms with Crippen molar-refractivity contribution in [2.75, 3.05) is 0 Å². The van der Waals surface area contributed by atoms with Gasteiger partial charge in [-0.2, -0.15) is 0 Å². The molecule has 2 fully saturated rings. The van der Waals surface area contributed by atoms with Gasteiger partial charge in [0.2, 0.25) is 0 Å². The zero-order chi connectivity index (χ0) is 8.39. The maximum Gasteiger partial charge on any atom is 0.306 e. The smallest absolute Gasteiger partial charge is 0.306 e. The third kappa shape index (κ3) is 1.62. The minimum atomic E-state index is 0.0342. The van der Waals surface area contributed by atoms with Crippen LogP contribution in [0.5, 0.6) is 0 Å². The van der Waals surface area contributed by atoms with E-state index in [0.29, 0.717) is 12.3 Å². The lowest BCUT2D eigenvalue weighted by Gasteiger charge is -2.19. The number of hydrogen-bond acceptors (Lipinski definition) is 2. The van der Waals surface area contributed by atoms with Crippen LogP contribution < -0.4 is 0 Å². The summed E-state index contributed by atoms with van der Waals surface area (Å²) in [5.74, 6) is 0.588. The number of fused-ring (bicyclic) bond motifs is 1. The van der Waals surface area contributed by atoms with E-state index in [2.05, 4.69) is 0 Å². The third-order valence-corrected chi connectivity index (χ3v) is 3.05. The third-order valence-electron chi connectivity index (χ3n) is 3.05. The van der Waals surface area contributed by atoms with E-state index in [4.69, 9.17) is 4.74 Å². The zero-order valence-corrected chi connectivity index (χ0v) is 7.42. The second kappa shape index (κ2) is 3.46. The molecule has 0 aromatic rings. The van der Waals surface area contributed by atoms with Crippen molar-refractivity contribution in [3.05, 3.63) is 0 Å². The summed E-state index contributed by atoms with van der Waals surface area (Å²) in [6.07, 6.45) is 8.47. The fraction of sp³-hybridized carbons (Fsp3) is 0.900. The molecule has 2 rings (SSSR count). The Morgan fingerprint density at radius 1 is 1.08 bits per heavy atom. The monoisotopic (exact) mass is 168 g/mol. The predicted octanol–water partition coefficient (Wildman–Crippen LogP) is 2.27. The second-order valence-corrected chi connectivity index (χ2v) is 3.98. The van der Waals surface area contributed by atoms with Gasteiger partial charge in [0.15, 0.2) is 0 Å². The van der Waals surface area contributed by atoms with Gasteiger partial charge in [-0.1, -0.05) is 19.3 Å². The molecule has 0 amide bonds. The number of hydrogen-bond donors (Lipinski definition) is 0. The molecule has 0 N–H and O–H groups in total. The van der Waals surface area contributed by atoms with Gasteiger partial charge in [0, 0.05) is 5.92 Å². The van der Waals surface area contributed by atoms with Crippen molar-refractivity contribution in [2.24, 2.45) is 5.92 Å². The maximum absolute atomic E-state index is 11.0. The topological polar surface area (TPSA) is 26.3 Å². The lowest BCUT2D eigenvalue weighted by molar-refractivity contribution is -0.141. The standard InChI is InChI=1S/C10H16O2/c11-10-7-8-5-3-1-2-4-6-9(8)12-10/h8-9H,1-7H2/t8-,9+/m1/s1. The van der Waals surface area contributed by atoms with Gasteiger partial charge in [-0.05, 0) is 19.3 Å². The summed E-state index contributed by atoms with van der Waals surface area (Å²) in [6, 6.07) is 0. The molecular weight excluding hydrogens is 152 g/mol. The van der Waals surface area contributed by atoms with Gasteiger partial charge in [0.05, 0.1) is 6.42 Å². The van der Waals surface area contributed by atoms with Crippen LogP contribution in [0.2, 0.25) is 0 Å². The molecule has 12 heavy (non-hydrogen) atoms. The summed E-state index contributed by atoms with van der Waals surface area (Å²) in [5.41, 5.74) is 0. The predicted molar refractivity (Wildman–Crippen MR) is 45.7 cm³/mol. The van der Waals surface area contributed by atoms with Crippen LogP contribution in [0.3, 0.4) is 0 Å². The number of carbonyl (C=O) groups is 1. The van der Waals surface area contributed by atoms with Gasteiger partial charge >= 0.3 is 5.97 Å². The van der Waals surface area contributed by atoms with Gasteiger partial charge < -0.3 is 4.74 Å². The summed E-state index contributed by atoms with van der Waals surface area (Å²) in [6.45, 7) is 0. The van der Waals surface area contributed by atoms with Crippen LogP contribution >= 0.6 is 0 Å². The molecule has 0 radical (unpaired) electrons. The highest BCUT2D eigenvalue weighted by atomic mass is 16.5. The lowest BCUT2D eigenvalue weighted by Crippen LogP contribution is -2.17.